The Morgan fingerprint density at radius 3 is 1.70 bits per heavy atom. The van der Waals surface area contributed by atoms with E-state index in [2.05, 4.69) is 52.7 Å². The second-order valence-electron chi connectivity index (χ2n) is 5.03. The molecule has 0 saturated carbocycles. The molecule has 0 aromatic heterocycles. The minimum Gasteiger partial charge on any atom is -0.0961 e. The molecule has 0 nitrogen and oxygen atoms in total. The molecule has 0 fully saturated rings. The monoisotopic (exact) mass is 272 g/mol. The van der Waals surface area contributed by atoms with Crippen molar-refractivity contribution in [3.05, 3.63) is 72.4 Å². The summed E-state index contributed by atoms with van der Waals surface area (Å²) >= 11 is 0. The van der Waals surface area contributed by atoms with Crippen LogP contribution in [0.15, 0.2) is 72.4 Å². The van der Waals surface area contributed by atoms with Gasteiger partial charge in [0.05, 0.1) is 0 Å². The molecule has 112 valence electrons. The van der Waals surface area contributed by atoms with E-state index in [4.69, 9.17) is 0 Å². The molecular formula is C20H32. The van der Waals surface area contributed by atoms with Crippen molar-refractivity contribution in [3.8, 4) is 0 Å². The van der Waals surface area contributed by atoms with E-state index in [9.17, 15) is 0 Å². The highest BCUT2D eigenvalue weighted by Crippen LogP contribution is 2.15. The normalized spacial score (nSPS) is 11.7. The van der Waals surface area contributed by atoms with Crippen molar-refractivity contribution in [3.63, 3.8) is 0 Å². The lowest BCUT2D eigenvalue weighted by atomic mass is 10.0. The van der Waals surface area contributed by atoms with E-state index in [1.165, 1.54) is 5.57 Å². The van der Waals surface area contributed by atoms with Crippen molar-refractivity contribution in [2.24, 2.45) is 5.92 Å². The second kappa shape index (κ2) is 12.5. The fourth-order valence-electron chi connectivity index (χ4n) is 1.42. The van der Waals surface area contributed by atoms with E-state index >= 15 is 0 Å². The summed E-state index contributed by atoms with van der Waals surface area (Å²) in [6.45, 7) is 24.3. The van der Waals surface area contributed by atoms with E-state index in [1.54, 1.807) is 0 Å². The molecule has 0 aliphatic carbocycles. The molecule has 0 heterocycles. The first-order valence-corrected chi connectivity index (χ1v) is 7.41. The van der Waals surface area contributed by atoms with Crippen LogP contribution in [0.1, 0.15) is 48.0 Å². The second-order valence-corrected chi connectivity index (χ2v) is 5.03. The standard InChI is InChI=1S/C18H26.C2H6/c1-8-18(13-15(4)5)12-11-17(7)16(6)10-9-14(2)3;1-2/h8-12,15H,2,6-7,13H2,1,3-5H3;1-2H3/b10-9-,12-11-,18-8+;. The highest BCUT2D eigenvalue weighted by atomic mass is 14.0. The SMILES string of the molecule is C=C(C)/C=C\C(=C)C(=C)/C=C\C(=C/C)CC(C)C.CC. The van der Waals surface area contributed by atoms with Gasteiger partial charge in [-0.05, 0) is 37.3 Å². The lowest BCUT2D eigenvalue weighted by Gasteiger charge is -2.05. The third kappa shape index (κ3) is 11.5. The van der Waals surface area contributed by atoms with Crippen LogP contribution < -0.4 is 0 Å². The van der Waals surface area contributed by atoms with Gasteiger partial charge in [0.15, 0.2) is 0 Å². The molecule has 0 saturated heterocycles. The fraction of sp³-hybridized carbons (Fsp3) is 0.400. The number of rotatable bonds is 7. The topological polar surface area (TPSA) is 0 Å². The smallest absolute Gasteiger partial charge is 0.0259 e. The zero-order chi connectivity index (χ0) is 16.1. The van der Waals surface area contributed by atoms with Crippen LogP contribution in [0.5, 0.6) is 0 Å². The van der Waals surface area contributed by atoms with Crippen molar-refractivity contribution in [1.29, 1.82) is 0 Å². The molecule has 20 heavy (non-hydrogen) atoms. The maximum atomic E-state index is 4.02. The van der Waals surface area contributed by atoms with E-state index in [0.717, 1.165) is 23.1 Å². The molecule has 0 amide bonds. The Morgan fingerprint density at radius 2 is 1.35 bits per heavy atom. The molecule has 0 heteroatoms. The lowest BCUT2D eigenvalue weighted by Crippen LogP contribution is -1.89. The first-order valence-electron chi connectivity index (χ1n) is 7.41. The minimum atomic E-state index is 0.667. The molecular weight excluding hydrogens is 240 g/mol. The van der Waals surface area contributed by atoms with Crippen molar-refractivity contribution in [2.45, 2.75) is 48.0 Å². The van der Waals surface area contributed by atoms with Gasteiger partial charge < -0.3 is 0 Å². The van der Waals surface area contributed by atoms with Gasteiger partial charge in [-0.1, -0.05) is 89.0 Å². The summed E-state index contributed by atoms with van der Waals surface area (Å²) in [6, 6.07) is 0. The Hall–Kier alpha value is -1.56. The van der Waals surface area contributed by atoms with Crippen molar-refractivity contribution in [1.82, 2.24) is 0 Å². The predicted molar refractivity (Wildman–Crippen MR) is 95.9 cm³/mol. The van der Waals surface area contributed by atoms with Crippen LogP contribution in [0.2, 0.25) is 0 Å². The third-order valence-electron chi connectivity index (χ3n) is 2.49. The molecule has 0 N–H and O–H groups in total. The average Bonchev–Trinajstić information content (AvgIpc) is 2.42. The van der Waals surface area contributed by atoms with Gasteiger partial charge in [-0.25, -0.2) is 0 Å². The molecule has 0 aromatic carbocycles. The summed E-state index contributed by atoms with van der Waals surface area (Å²) in [5, 5.41) is 0. The van der Waals surface area contributed by atoms with Crippen molar-refractivity contribution in [2.75, 3.05) is 0 Å². The van der Waals surface area contributed by atoms with E-state index in [-0.39, 0.29) is 0 Å². The molecule has 0 atom stereocenters. The van der Waals surface area contributed by atoms with Gasteiger partial charge in [0.25, 0.3) is 0 Å². The van der Waals surface area contributed by atoms with Crippen molar-refractivity contribution < 1.29 is 0 Å². The van der Waals surface area contributed by atoms with E-state index < -0.39 is 0 Å². The zero-order valence-corrected chi connectivity index (χ0v) is 14.3. The molecule has 0 bridgehead atoms. The van der Waals surface area contributed by atoms with Crippen LogP contribution in [0.3, 0.4) is 0 Å². The van der Waals surface area contributed by atoms with Gasteiger partial charge in [-0.15, -0.1) is 0 Å². The Bertz CT molecular complexity index is 398. The summed E-state index contributed by atoms with van der Waals surface area (Å²) in [5.41, 5.74) is 4.22. The number of allylic oxidation sites excluding steroid dienone is 9. The molecule has 0 radical (unpaired) electrons. The first-order chi connectivity index (χ1) is 9.36. The highest BCUT2D eigenvalue weighted by molar-refractivity contribution is 5.45. The van der Waals surface area contributed by atoms with Crippen LogP contribution in [-0.4, -0.2) is 0 Å². The van der Waals surface area contributed by atoms with Crippen molar-refractivity contribution >= 4 is 0 Å². The molecule has 0 spiro atoms. The Labute approximate surface area is 127 Å². The lowest BCUT2D eigenvalue weighted by molar-refractivity contribution is 0.649. The summed E-state index contributed by atoms with van der Waals surface area (Å²) in [4.78, 5) is 0. The predicted octanol–water partition coefficient (Wildman–Crippen LogP) is 6.81. The Balaban J connectivity index is 0. The summed E-state index contributed by atoms with van der Waals surface area (Å²) in [6.07, 6.45) is 11.3. The minimum absolute atomic E-state index is 0.667. The van der Waals surface area contributed by atoms with Gasteiger partial charge in [0.2, 0.25) is 0 Å². The summed E-state index contributed by atoms with van der Waals surface area (Å²) < 4.78 is 0. The van der Waals surface area contributed by atoms with Gasteiger partial charge in [0.1, 0.15) is 0 Å². The van der Waals surface area contributed by atoms with Crippen LogP contribution in [0.25, 0.3) is 0 Å². The van der Waals surface area contributed by atoms with Gasteiger partial charge in [-0.3, -0.25) is 0 Å². The molecule has 0 unspecified atom stereocenters. The molecule has 0 aromatic rings. The van der Waals surface area contributed by atoms with E-state index in [1.807, 2.05) is 39.0 Å². The van der Waals surface area contributed by atoms with Gasteiger partial charge in [-0.2, -0.15) is 0 Å². The Kier molecular flexibility index (Phi) is 12.9. The summed E-state index contributed by atoms with van der Waals surface area (Å²) in [7, 11) is 0. The van der Waals surface area contributed by atoms with Crippen LogP contribution in [-0.2, 0) is 0 Å². The van der Waals surface area contributed by atoms with Gasteiger partial charge >= 0.3 is 0 Å². The van der Waals surface area contributed by atoms with Crippen LogP contribution in [0, 0.1) is 5.92 Å². The number of hydrogen-bond acceptors (Lipinski definition) is 0. The molecule has 0 rings (SSSR count). The van der Waals surface area contributed by atoms with Crippen LogP contribution >= 0.6 is 0 Å². The Morgan fingerprint density at radius 1 is 0.900 bits per heavy atom. The van der Waals surface area contributed by atoms with E-state index in [0.29, 0.717) is 5.92 Å². The third-order valence-corrected chi connectivity index (χ3v) is 2.49. The maximum Gasteiger partial charge on any atom is -0.0259 e. The fourth-order valence-corrected chi connectivity index (χ4v) is 1.42. The zero-order valence-electron chi connectivity index (χ0n) is 14.3. The van der Waals surface area contributed by atoms with Crippen LogP contribution in [0.4, 0.5) is 0 Å². The molecule has 0 aliphatic rings. The first kappa shape index (κ1) is 20.8. The largest absolute Gasteiger partial charge is 0.0961 e. The maximum absolute atomic E-state index is 4.02. The highest BCUT2D eigenvalue weighted by Gasteiger charge is 1.97. The number of hydrogen-bond donors (Lipinski definition) is 0. The average molecular weight is 272 g/mol. The molecule has 0 aliphatic heterocycles. The quantitative estimate of drug-likeness (QED) is 0.447. The van der Waals surface area contributed by atoms with Gasteiger partial charge in [0, 0.05) is 0 Å². The summed E-state index contributed by atoms with van der Waals surface area (Å²) in [5.74, 6) is 0.667.